The largest absolute Gasteiger partial charge is 0.347 e. The van der Waals surface area contributed by atoms with E-state index < -0.39 is 11.8 Å². The van der Waals surface area contributed by atoms with E-state index in [1.807, 2.05) is 25.5 Å². The number of carbonyl (C=O) groups excluding carboxylic acids is 2. The van der Waals surface area contributed by atoms with Crippen molar-refractivity contribution in [1.29, 1.82) is 0 Å². The van der Waals surface area contributed by atoms with Crippen molar-refractivity contribution in [2.24, 2.45) is 0 Å². The summed E-state index contributed by atoms with van der Waals surface area (Å²) in [6.07, 6.45) is 0. The van der Waals surface area contributed by atoms with Gasteiger partial charge in [0.1, 0.15) is 5.82 Å². The van der Waals surface area contributed by atoms with Gasteiger partial charge in [-0.15, -0.1) is 0 Å². The summed E-state index contributed by atoms with van der Waals surface area (Å²) in [5, 5.41) is 10.1. The number of thioether (sulfide) groups is 1. The Bertz CT molecular complexity index is 632. The van der Waals surface area contributed by atoms with Crippen molar-refractivity contribution >= 4 is 29.4 Å². The Morgan fingerprint density at radius 2 is 1.88 bits per heavy atom. The van der Waals surface area contributed by atoms with Gasteiger partial charge in [0.2, 0.25) is 0 Å². The van der Waals surface area contributed by atoms with E-state index in [-0.39, 0.29) is 5.54 Å². The molecule has 1 aromatic heterocycles. The van der Waals surface area contributed by atoms with E-state index in [1.165, 1.54) is 0 Å². The van der Waals surface area contributed by atoms with Crippen LogP contribution in [0, 0.1) is 0 Å². The zero-order valence-electron chi connectivity index (χ0n) is 15.8. The number of rotatable bonds is 6. The Balaban J connectivity index is 2.02. The van der Waals surface area contributed by atoms with Crippen LogP contribution >= 0.6 is 11.8 Å². The monoisotopic (exact) mass is 367 g/mol. The molecule has 2 heterocycles. The van der Waals surface area contributed by atoms with E-state index in [0.29, 0.717) is 12.4 Å². The topological polar surface area (TPSA) is 79.3 Å². The van der Waals surface area contributed by atoms with Crippen molar-refractivity contribution < 1.29 is 9.59 Å². The normalized spacial score (nSPS) is 13.8. The van der Waals surface area contributed by atoms with E-state index in [0.717, 1.165) is 42.4 Å². The molecule has 0 atom stereocenters. The molecule has 140 valence electrons. The first kappa shape index (κ1) is 19.8. The summed E-state index contributed by atoms with van der Waals surface area (Å²) in [4.78, 5) is 26.6. The number of nitrogens with one attached hydrogen (secondary N) is 2. The van der Waals surface area contributed by atoms with Crippen molar-refractivity contribution in [2.45, 2.75) is 51.7 Å². The van der Waals surface area contributed by atoms with Crippen molar-refractivity contribution in [2.75, 3.05) is 31.5 Å². The highest BCUT2D eigenvalue weighted by Gasteiger charge is 2.29. The van der Waals surface area contributed by atoms with Gasteiger partial charge in [-0.25, -0.2) is 4.68 Å². The van der Waals surface area contributed by atoms with Crippen LogP contribution in [0.2, 0.25) is 0 Å². The maximum absolute atomic E-state index is 12.3. The van der Waals surface area contributed by atoms with E-state index >= 15 is 0 Å². The van der Waals surface area contributed by atoms with Gasteiger partial charge in [-0.1, -0.05) is 13.8 Å². The molecule has 0 saturated carbocycles. The molecule has 2 rings (SSSR count). The van der Waals surface area contributed by atoms with Gasteiger partial charge < -0.3 is 15.5 Å². The number of hydrogen-bond acceptors (Lipinski definition) is 5. The van der Waals surface area contributed by atoms with Gasteiger partial charge >= 0.3 is 11.8 Å². The van der Waals surface area contributed by atoms with Crippen LogP contribution in [0.5, 0.6) is 0 Å². The molecule has 0 aromatic carbocycles. The maximum Gasteiger partial charge on any atom is 0.314 e. The zero-order chi connectivity index (χ0) is 18.6. The minimum absolute atomic E-state index is 0.267. The Hall–Kier alpha value is -1.54. The first-order valence-corrected chi connectivity index (χ1v) is 9.93. The molecule has 0 unspecified atom stereocenters. The van der Waals surface area contributed by atoms with E-state index in [2.05, 4.69) is 34.5 Å². The summed E-state index contributed by atoms with van der Waals surface area (Å²) in [7, 11) is 0. The standard InChI is InChI=1S/C17H29N5O2S/c1-6-21(7-2)9-8-18-15(23)16(24)19-14-12-10-25-11-13(12)20-22(14)17(3,4)5/h6-11H2,1-5H3,(H,18,23)(H,19,24). The van der Waals surface area contributed by atoms with E-state index in [1.54, 1.807) is 11.8 Å². The molecule has 25 heavy (non-hydrogen) atoms. The average molecular weight is 368 g/mol. The summed E-state index contributed by atoms with van der Waals surface area (Å²) in [6, 6.07) is 0. The van der Waals surface area contributed by atoms with Crippen molar-refractivity contribution in [1.82, 2.24) is 20.0 Å². The summed E-state index contributed by atoms with van der Waals surface area (Å²) >= 11 is 1.77. The lowest BCUT2D eigenvalue weighted by Crippen LogP contribution is -2.41. The fourth-order valence-electron chi connectivity index (χ4n) is 2.74. The Morgan fingerprint density at radius 3 is 2.48 bits per heavy atom. The molecule has 1 aliphatic rings. The lowest BCUT2D eigenvalue weighted by atomic mass is 10.1. The predicted molar refractivity (Wildman–Crippen MR) is 102 cm³/mol. The van der Waals surface area contributed by atoms with Crippen LogP contribution in [0.25, 0.3) is 0 Å². The minimum atomic E-state index is -0.635. The Kier molecular flexibility index (Phi) is 6.51. The highest BCUT2D eigenvalue weighted by atomic mass is 32.2. The highest BCUT2D eigenvalue weighted by Crippen LogP contribution is 2.37. The molecule has 7 nitrogen and oxygen atoms in total. The Morgan fingerprint density at radius 1 is 1.20 bits per heavy atom. The fourth-order valence-corrected chi connectivity index (χ4v) is 3.77. The van der Waals surface area contributed by atoms with E-state index in [9.17, 15) is 9.59 Å². The van der Waals surface area contributed by atoms with Crippen LogP contribution in [-0.2, 0) is 26.6 Å². The predicted octanol–water partition coefficient (Wildman–Crippen LogP) is 1.78. The highest BCUT2D eigenvalue weighted by molar-refractivity contribution is 7.98. The quantitative estimate of drug-likeness (QED) is 0.750. The third-order valence-corrected chi connectivity index (χ3v) is 5.20. The number of likely N-dealkylation sites (N-methyl/N-ethyl adjacent to an activating group) is 1. The smallest absolute Gasteiger partial charge is 0.314 e. The second-order valence-electron chi connectivity index (χ2n) is 7.09. The summed E-state index contributed by atoms with van der Waals surface area (Å²) in [5.74, 6) is 1.07. The van der Waals surface area contributed by atoms with Crippen molar-refractivity contribution in [3.05, 3.63) is 11.3 Å². The summed E-state index contributed by atoms with van der Waals surface area (Å²) in [6.45, 7) is 13.3. The third kappa shape index (κ3) is 4.76. The molecular formula is C17H29N5O2S. The average Bonchev–Trinajstić information content (AvgIpc) is 3.13. The van der Waals surface area contributed by atoms with Crippen LogP contribution in [0.4, 0.5) is 5.82 Å². The van der Waals surface area contributed by atoms with Gasteiger partial charge in [0, 0.05) is 30.2 Å². The zero-order valence-corrected chi connectivity index (χ0v) is 16.6. The SMILES string of the molecule is CCN(CC)CCNC(=O)C(=O)Nc1c2c(nn1C(C)(C)C)CSC2. The van der Waals surface area contributed by atoms with Gasteiger partial charge in [0.05, 0.1) is 11.2 Å². The molecule has 1 aromatic rings. The molecule has 1 aliphatic heterocycles. The first-order chi connectivity index (χ1) is 11.8. The van der Waals surface area contributed by atoms with Crippen LogP contribution in [0.3, 0.4) is 0 Å². The summed E-state index contributed by atoms with van der Waals surface area (Å²) in [5.41, 5.74) is 1.76. The van der Waals surface area contributed by atoms with Gasteiger partial charge in [-0.3, -0.25) is 9.59 Å². The van der Waals surface area contributed by atoms with Gasteiger partial charge in [-0.2, -0.15) is 16.9 Å². The lowest BCUT2D eigenvalue weighted by molar-refractivity contribution is -0.136. The van der Waals surface area contributed by atoms with E-state index in [4.69, 9.17) is 0 Å². The number of aromatic nitrogens is 2. The molecule has 0 fully saturated rings. The number of amides is 2. The molecule has 2 N–H and O–H groups in total. The second-order valence-corrected chi connectivity index (χ2v) is 8.07. The first-order valence-electron chi connectivity index (χ1n) is 8.78. The molecule has 0 saturated heterocycles. The van der Waals surface area contributed by atoms with Crippen LogP contribution in [0.15, 0.2) is 0 Å². The van der Waals surface area contributed by atoms with Crippen LogP contribution in [-0.4, -0.2) is 52.7 Å². The molecular weight excluding hydrogens is 338 g/mol. The van der Waals surface area contributed by atoms with Crippen LogP contribution < -0.4 is 10.6 Å². The molecule has 0 spiro atoms. The fraction of sp³-hybridized carbons (Fsp3) is 0.706. The number of anilines is 1. The molecule has 0 radical (unpaired) electrons. The number of nitrogens with zero attached hydrogens (tertiary/aromatic N) is 3. The molecule has 0 bridgehead atoms. The third-order valence-electron chi connectivity index (χ3n) is 4.23. The Labute approximate surface area is 153 Å². The number of fused-ring (bicyclic) bond motifs is 1. The molecule has 2 amide bonds. The lowest BCUT2D eigenvalue weighted by Gasteiger charge is -2.23. The second kappa shape index (κ2) is 8.23. The number of carbonyl (C=O) groups is 2. The van der Waals surface area contributed by atoms with Gasteiger partial charge in [0.25, 0.3) is 0 Å². The van der Waals surface area contributed by atoms with Crippen molar-refractivity contribution in [3.8, 4) is 0 Å². The molecule has 0 aliphatic carbocycles. The number of hydrogen-bond donors (Lipinski definition) is 2. The maximum atomic E-state index is 12.3. The minimum Gasteiger partial charge on any atom is -0.347 e. The van der Waals surface area contributed by atoms with Gasteiger partial charge in [-0.05, 0) is 33.9 Å². The van der Waals surface area contributed by atoms with Gasteiger partial charge in [0.15, 0.2) is 0 Å². The van der Waals surface area contributed by atoms with Crippen molar-refractivity contribution in [3.63, 3.8) is 0 Å². The summed E-state index contributed by atoms with van der Waals surface area (Å²) < 4.78 is 1.82. The molecule has 8 heteroatoms. The van der Waals surface area contributed by atoms with Crippen LogP contribution in [0.1, 0.15) is 45.9 Å².